The van der Waals surface area contributed by atoms with Gasteiger partial charge >= 0.3 is 11.9 Å². The second kappa shape index (κ2) is 13.0. The van der Waals surface area contributed by atoms with Crippen LogP contribution < -0.4 is 0 Å². The summed E-state index contributed by atoms with van der Waals surface area (Å²) in [6.45, 7) is 12.7. The lowest BCUT2D eigenvalue weighted by atomic mass is 9.99. The van der Waals surface area contributed by atoms with Crippen LogP contribution in [0.1, 0.15) is 80.1 Å². The molecule has 4 nitrogen and oxygen atoms in total. The van der Waals surface area contributed by atoms with E-state index in [1.807, 2.05) is 34.6 Å². The van der Waals surface area contributed by atoms with Crippen LogP contribution in [0.4, 0.5) is 0 Å². The Hall–Kier alpha value is -1.32. The Bertz CT molecular complexity index is 408. The summed E-state index contributed by atoms with van der Waals surface area (Å²) >= 11 is 0. The van der Waals surface area contributed by atoms with Gasteiger partial charge < -0.3 is 9.47 Å². The molecule has 0 saturated heterocycles. The van der Waals surface area contributed by atoms with Gasteiger partial charge in [0, 0.05) is 11.1 Å². The Kier molecular flexibility index (Phi) is 12.3. The molecule has 0 fully saturated rings. The van der Waals surface area contributed by atoms with E-state index in [0.717, 1.165) is 25.7 Å². The summed E-state index contributed by atoms with van der Waals surface area (Å²) in [5.74, 6) is -0.196. The van der Waals surface area contributed by atoms with E-state index in [9.17, 15) is 9.59 Å². The first-order valence-electron chi connectivity index (χ1n) is 9.39. The predicted octanol–water partition coefficient (Wildman–Crippen LogP) is 5.06. The Morgan fingerprint density at radius 1 is 0.750 bits per heavy atom. The van der Waals surface area contributed by atoms with Crippen LogP contribution in [0.25, 0.3) is 0 Å². The topological polar surface area (TPSA) is 52.6 Å². The van der Waals surface area contributed by atoms with Gasteiger partial charge in [0.2, 0.25) is 0 Å². The van der Waals surface area contributed by atoms with E-state index in [-0.39, 0.29) is 23.8 Å². The van der Waals surface area contributed by atoms with E-state index < -0.39 is 0 Å². The van der Waals surface area contributed by atoms with Gasteiger partial charge in [-0.15, -0.1) is 0 Å². The van der Waals surface area contributed by atoms with Crippen LogP contribution in [0, 0.1) is 11.8 Å². The van der Waals surface area contributed by atoms with Crippen LogP contribution in [0.2, 0.25) is 0 Å². The zero-order valence-electron chi connectivity index (χ0n) is 16.4. The van der Waals surface area contributed by atoms with Gasteiger partial charge in [0.15, 0.2) is 0 Å². The molecule has 0 N–H and O–H groups in total. The van der Waals surface area contributed by atoms with Crippen LogP contribution in [0.5, 0.6) is 0 Å². The monoisotopic (exact) mass is 340 g/mol. The van der Waals surface area contributed by atoms with Crippen molar-refractivity contribution in [1.82, 2.24) is 0 Å². The highest BCUT2D eigenvalue weighted by molar-refractivity contribution is 6.00. The van der Waals surface area contributed by atoms with E-state index >= 15 is 0 Å². The van der Waals surface area contributed by atoms with Gasteiger partial charge in [0.1, 0.15) is 0 Å². The lowest BCUT2D eigenvalue weighted by molar-refractivity contribution is -0.143. The molecule has 0 aliphatic carbocycles. The molecule has 0 atom stereocenters. The molecule has 0 aliphatic rings. The molecular formula is C20H36O4. The number of carbonyl (C=O) groups excluding carboxylic acids is 2. The van der Waals surface area contributed by atoms with Gasteiger partial charge in [0.25, 0.3) is 0 Å². The maximum atomic E-state index is 12.5. The van der Waals surface area contributed by atoms with Crippen molar-refractivity contribution in [3.63, 3.8) is 0 Å². The molecule has 24 heavy (non-hydrogen) atoms. The smallest absolute Gasteiger partial charge is 0.334 e. The SMILES string of the molecule is CCCCCCC(C(=O)OCC(C)C)=C(CC)C(=O)OCC(C)C. The van der Waals surface area contributed by atoms with E-state index in [1.54, 1.807) is 0 Å². The summed E-state index contributed by atoms with van der Waals surface area (Å²) in [6, 6.07) is 0. The van der Waals surface area contributed by atoms with Gasteiger partial charge in [-0.25, -0.2) is 9.59 Å². The fraction of sp³-hybridized carbons (Fsp3) is 0.800. The number of unbranched alkanes of at least 4 members (excludes halogenated alkanes) is 3. The summed E-state index contributed by atoms with van der Waals surface area (Å²) in [4.78, 5) is 24.8. The molecule has 0 aromatic carbocycles. The lowest BCUT2D eigenvalue weighted by Crippen LogP contribution is -2.19. The fourth-order valence-electron chi connectivity index (χ4n) is 2.24. The molecule has 0 saturated carbocycles. The van der Waals surface area contributed by atoms with Gasteiger partial charge in [-0.3, -0.25) is 0 Å². The third kappa shape index (κ3) is 9.74. The Morgan fingerprint density at radius 2 is 1.25 bits per heavy atom. The fourth-order valence-corrected chi connectivity index (χ4v) is 2.24. The predicted molar refractivity (Wildman–Crippen MR) is 97.7 cm³/mol. The van der Waals surface area contributed by atoms with Crippen molar-refractivity contribution < 1.29 is 19.1 Å². The summed E-state index contributed by atoms with van der Waals surface area (Å²) in [6.07, 6.45) is 5.27. The van der Waals surface area contributed by atoms with Gasteiger partial charge in [-0.2, -0.15) is 0 Å². The molecule has 0 radical (unpaired) electrons. The average Bonchev–Trinajstić information content (AvgIpc) is 2.53. The third-order valence-corrected chi connectivity index (χ3v) is 3.59. The quantitative estimate of drug-likeness (QED) is 0.283. The van der Waals surface area contributed by atoms with Gasteiger partial charge in [-0.1, -0.05) is 60.8 Å². The van der Waals surface area contributed by atoms with E-state index in [2.05, 4.69) is 6.92 Å². The minimum absolute atomic E-state index is 0.271. The molecule has 0 aromatic rings. The van der Waals surface area contributed by atoms with Gasteiger partial charge in [0.05, 0.1) is 13.2 Å². The first-order valence-corrected chi connectivity index (χ1v) is 9.39. The van der Waals surface area contributed by atoms with Crippen molar-refractivity contribution in [3.05, 3.63) is 11.1 Å². The van der Waals surface area contributed by atoms with Crippen LogP contribution in [-0.4, -0.2) is 25.2 Å². The zero-order chi connectivity index (χ0) is 18.5. The standard InChI is InChI=1S/C20H36O4/c1-7-9-10-11-12-18(20(22)24-14-16(5)6)17(8-2)19(21)23-13-15(3)4/h15-16H,7-14H2,1-6H3. The van der Waals surface area contributed by atoms with Crippen molar-refractivity contribution in [2.45, 2.75) is 80.1 Å². The van der Waals surface area contributed by atoms with Crippen molar-refractivity contribution in [3.8, 4) is 0 Å². The molecule has 0 unspecified atom stereocenters. The van der Waals surface area contributed by atoms with Crippen LogP contribution in [0.15, 0.2) is 11.1 Å². The van der Waals surface area contributed by atoms with Crippen molar-refractivity contribution in [2.24, 2.45) is 11.8 Å². The molecular weight excluding hydrogens is 304 g/mol. The van der Waals surface area contributed by atoms with E-state index in [0.29, 0.717) is 37.2 Å². The molecule has 4 heteroatoms. The molecule has 0 aromatic heterocycles. The maximum Gasteiger partial charge on any atom is 0.334 e. The summed E-state index contributed by atoms with van der Waals surface area (Å²) in [5, 5.41) is 0. The Labute approximate surface area is 148 Å². The first-order chi connectivity index (χ1) is 11.3. The lowest BCUT2D eigenvalue weighted by Gasteiger charge is -2.15. The Morgan fingerprint density at radius 3 is 1.67 bits per heavy atom. The van der Waals surface area contributed by atoms with E-state index in [4.69, 9.17) is 9.47 Å². The van der Waals surface area contributed by atoms with Crippen molar-refractivity contribution in [1.29, 1.82) is 0 Å². The second-order valence-electron chi connectivity index (χ2n) is 7.11. The number of carbonyl (C=O) groups is 2. The first kappa shape index (κ1) is 22.7. The number of ether oxygens (including phenoxy) is 2. The maximum absolute atomic E-state index is 12.5. The van der Waals surface area contributed by atoms with Crippen LogP contribution in [0.3, 0.4) is 0 Å². The normalized spacial score (nSPS) is 12.3. The van der Waals surface area contributed by atoms with Crippen molar-refractivity contribution >= 4 is 11.9 Å². The number of hydrogen-bond acceptors (Lipinski definition) is 4. The molecule has 0 spiro atoms. The number of hydrogen-bond donors (Lipinski definition) is 0. The molecule has 0 amide bonds. The summed E-state index contributed by atoms with van der Waals surface area (Å²) in [7, 11) is 0. The highest BCUT2D eigenvalue weighted by Crippen LogP contribution is 2.20. The molecule has 0 aliphatic heterocycles. The minimum Gasteiger partial charge on any atom is -0.462 e. The van der Waals surface area contributed by atoms with Gasteiger partial charge in [-0.05, 0) is 31.1 Å². The van der Waals surface area contributed by atoms with Crippen molar-refractivity contribution in [2.75, 3.05) is 13.2 Å². The molecule has 140 valence electrons. The summed E-state index contributed by atoms with van der Waals surface area (Å²) < 4.78 is 10.7. The average molecular weight is 341 g/mol. The van der Waals surface area contributed by atoms with Crippen LogP contribution in [-0.2, 0) is 19.1 Å². The highest BCUT2D eigenvalue weighted by Gasteiger charge is 2.22. The minimum atomic E-state index is -0.377. The molecule has 0 bridgehead atoms. The zero-order valence-corrected chi connectivity index (χ0v) is 16.4. The second-order valence-corrected chi connectivity index (χ2v) is 7.11. The summed E-state index contributed by atoms with van der Waals surface area (Å²) in [5.41, 5.74) is 0.976. The van der Waals surface area contributed by atoms with E-state index in [1.165, 1.54) is 0 Å². The number of esters is 2. The Balaban J connectivity index is 5.16. The van der Waals surface area contributed by atoms with Crippen LogP contribution >= 0.6 is 0 Å². The highest BCUT2D eigenvalue weighted by atomic mass is 16.5. The largest absolute Gasteiger partial charge is 0.462 e. The molecule has 0 heterocycles. The third-order valence-electron chi connectivity index (χ3n) is 3.59. The molecule has 0 rings (SSSR count). The number of rotatable bonds is 12.